The normalized spacial score (nSPS) is 10.5. The number of primary amides is 1. The summed E-state index contributed by atoms with van der Waals surface area (Å²) in [4.78, 5) is 16.3. The number of carbonyl (C=O) groups is 1. The zero-order chi connectivity index (χ0) is 18.7. The monoisotopic (exact) mass is 366 g/mol. The van der Waals surface area contributed by atoms with Crippen molar-refractivity contribution < 1.29 is 9.53 Å². The Kier molecular flexibility index (Phi) is 5.05. The minimum Gasteiger partial charge on any atom is -0.496 e. The van der Waals surface area contributed by atoms with Gasteiger partial charge in [0.2, 0.25) is 0 Å². The standard InChI is InChI=1S/C19H18N4O2S/c1-12-14(19(21)24)9-16(15-11-26-18(22-15)7-8-20)23(12)10-13-5-3-4-6-17(13)25-2/h3-6,9,11H,7,10H2,1-2H3,(H2,21,24). The van der Waals surface area contributed by atoms with Crippen molar-refractivity contribution in [2.45, 2.75) is 19.9 Å². The topological polar surface area (TPSA) is 93.9 Å². The third kappa shape index (κ3) is 3.32. The molecule has 0 aliphatic rings. The molecule has 2 heterocycles. The maximum absolute atomic E-state index is 11.8. The Morgan fingerprint density at radius 1 is 1.42 bits per heavy atom. The zero-order valence-electron chi connectivity index (χ0n) is 14.5. The number of nitrogens with two attached hydrogens (primary N) is 1. The molecule has 0 aliphatic heterocycles. The Morgan fingerprint density at radius 3 is 2.88 bits per heavy atom. The number of hydrogen-bond donors (Lipinski definition) is 1. The summed E-state index contributed by atoms with van der Waals surface area (Å²) in [5.74, 6) is 0.297. The van der Waals surface area contributed by atoms with Gasteiger partial charge in [-0.2, -0.15) is 5.26 Å². The fourth-order valence-electron chi connectivity index (χ4n) is 2.89. The van der Waals surface area contributed by atoms with Gasteiger partial charge >= 0.3 is 0 Å². The second kappa shape index (κ2) is 7.42. The summed E-state index contributed by atoms with van der Waals surface area (Å²) in [6.07, 6.45) is 0.263. The fraction of sp³-hybridized carbons (Fsp3) is 0.211. The van der Waals surface area contributed by atoms with Crippen LogP contribution in [0.4, 0.5) is 0 Å². The van der Waals surface area contributed by atoms with Crippen molar-refractivity contribution in [1.82, 2.24) is 9.55 Å². The molecule has 0 saturated heterocycles. The predicted molar refractivity (Wildman–Crippen MR) is 100 cm³/mol. The van der Waals surface area contributed by atoms with Crippen LogP contribution in [0, 0.1) is 18.3 Å². The van der Waals surface area contributed by atoms with Gasteiger partial charge in [0.1, 0.15) is 10.8 Å². The van der Waals surface area contributed by atoms with Gasteiger partial charge in [0.25, 0.3) is 5.91 Å². The molecule has 0 atom stereocenters. The minimum atomic E-state index is -0.477. The van der Waals surface area contributed by atoms with E-state index in [1.54, 1.807) is 13.2 Å². The van der Waals surface area contributed by atoms with Gasteiger partial charge < -0.3 is 15.0 Å². The number of para-hydroxylation sites is 1. The maximum Gasteiger partial charge on any atom is 0.250 e. The quantitative estimate of drug-likeness (QED) is 0.725. The molecule has 3 aromatic rings. The van der Waals surface area contributed by atoms with Gasteiger partial charge in [-0.15, -0.1) is 11.3 Å². The molecule has 1 amide bonds. The average Bonchev–Trinajstić information content (AvgIpc) is 3.21. The molecule has 0 fully saturated rings. The van der Waals surface area contributed by atoms with E-state index in [1.807, 2.05) is 41.1 Å². The van der Waals surface area contributed by atoms with Crippen molar-refractivity contribution >= 4 is 17.2 Å². The first kappa shape index (κ1) is 17.7. The Labute approximate surface area is 155 Å². The van der Waals surface area contributed by atoms with E-state index in [1.165, 1.54) is 11.3 Å². The fourth-order valence-corrected chi connectivity index (χ4v) is 3.61. The summed E-state index contributed by atoms with van der Waals surface area (Å²) in [6.45, 7) is 2.38. The molecule has 7 heteroatoms. The number of nitriles is 1. The molecule has 0 spiro atoms. The molecular weight excluding hydrogens is 348 g/mol. The summed E-state index contributed by atoms with van der Waals surface area (Å²) in [6, 6.07) is 11.6. The number of ether oxygens (including phenoxy) is 1. The number of thiazole rings is 1. The lowest BCUT2D eigenvalue weighted by Gasteiger charge is -2.13. The second-order valence-corrected chi connectivity index (χ2v) is 6.69. The van der Waals surface area contributed by atoms with Crippen molar-refractivity contribution in [3.63, 3.8) is 0 Å². The van der Waals surface area contributed by atoms with Gasteiger partial charge in [0, 0.05) is 16.6 Å². The summed E-state index contributed by atoms with van der Waals surface area (Å²) in [5.41, 5.74) is 9.28. The molecule has 3 rings (SSSR count). The van der Waals surface area contributed by atoms with Crippen LogP contribution < -0.4 is 10.5 Å². The predicted octanol–water partition coefficient (Wildman–Crippen LogP) is 3.14. The summed E-state index contributed by atoms with van der Waals surface area (Å²) in [7, 11) is 1.63. The van der Waals surface area contributed by atoms with Gasteiger partial charge in [-0.25, -0.2) is 4.98 Å². The molecule has 2 N–H and O–H groups in total. The molecule has 132 valence electrons. The van der Waals surface area contributed by atoms with Crippen LogP contribution in [0.3, 0.4) is 0 Å². The van der Waals surface area contributed by atoms with Gasteiger partial charge in [-0.3, -0.25) is 4.79 Å². The smallest absolute Gasteiger partial charge is 0.250 e. The van der Waals surface area contributed by atoms with Crippen molar-refractivity contribution in [2.75, 3.05) is 7.11 Å². The van der Waals surface area contributed by atoms with Gasteiger partial charge in [0.05, 0.1) is 43.1 Å². The van der Waals surface area contributed by atoms with Crippen molar-refractivity contribution in [1.29, 1.82) is 5.26 Å². The van der Waals surface area contributed by atoms with Crippen LogP contribution in [-0.4, -0.2) is 22.6 Å². The van der Waals surface area contributed by atoms with E-state index in [0.29, 0.717) is 12.1 Å². The molecule has 0 radical (unpaired) electrons. The van der Waals surface area contributed by atoms with E-state index in [4.69, 9.17) is 15.7 Å². The summed E-state index contributed by atoms with van der Waals surface area (Å²) in [5, 5.41) is 11.5. The maximum atomic E-state index is 11.8. The van der Waals surface area contributed by atoms with Gasteiger partial charge in [-0.1, -0.05) is 18.2 Å². The molecule has 0 unspecified atom stereocenters. The summed E-state index contributed by atoms with van der Waals surface area (Å²) < 4.78 is 7.44. The number of carbonyl (C=O) groups excluding carboxylic acids is 1. The Hall–Kier alpha value is -3.11. The highest BCUT2D eigenvalue weighted by Gasteiger charge is 2.19. The third-order valence-corrected chi connectivity index (χ3v) is 5.05. The Morgan fingerprint density at radius 2 is 2.19 bits per heavy atom. The molecule has 26 heavy (non-hydrogen) atoms. The van der Waals surface area contributed by atoms with E-state index in [-0.39, 0.29) is 6.42 Å². The van der Waals surface area contributed by atoms with E-state index in [2.05, 4.69) is 11.1 Å². The average molecular weight is 366 g/mol. The number of amides is 1. The lowest BCUT2D eigenvalue weighted by atomic mass is 10.2. The number of nitrogens with zero attached hydrogens (tertiary/aromatic N) is 3. The molecule has 2 aromatic heterocycles. The highest BCUT2D eigenvalue weighted by atomic mass is 32.1. The van der Waals surface area contributed by atoms with E-state index >= 15 is 0 Å². The van der Waals surface area contributed by atoms with Crippen LogP contribution in [0.25, 0.3) is 11.4 Å². The second-order valence-electron chi connectivity index (χ2n) is 5.75. The first-order valence-electron chi connectivity index (χ1n) is 7.98. The number of methoxy groups -OCH3 is 1. The third-order valence-electron chi connectivity index (χ3n) is 4.20. The lowest BCUT2D eigenvalue weighted by molar-refractivity contribution is 0.0999. The van der Waals surface area contributed by atoms with E-state index in [0.717, 1.165) is 33.4 Å². The van der Waals surface area contributed by atoms with Crippen molar-refractivity contribution in [3.8, 4) is 23.2 Å². The lowest BCUT2D eigenvalue weighted by Crippen LogP contribution is -2.13. The van der Waals surface area contributed by atoms with Crippen LogP contribution in [0.15, 0.2) is 35.7 Å². The number of rotatable bonds is 6. The van der Waals surface area contributed by atoms with Crippen molar-refractivity contribution in [3.05, 3.63) is 57.5 Å². The first-order chi connectivity index (χ1) is 12.5. The largest absolute Gasteiger partial charge is 0.496 e. The highest BCUT2D eigenvalue weighted by molar-refractivity contribution is 7.10. The highest BCUT2D eigenvalue weighted by Crippen LogP contribution is 2.29. The van der Waals surface area contributed by atoms with Crippen molar-refractivity contribution in [2.24, 2.45) is 5.73 Å². The van der Waals surface area contributed by atoms with Crippen LogP contribution in [0.5, 0.6) is 5.75 Å². The molecular formula is C19H18N4O2S. The van der Waals surface area contributed by atoms with Crippen LogP contribution in [-0.2, 0) is 13.0 Å². The minimum absolute atomic E-state index is 0.263. The molecule has 0 saturated carbocycles. The molecule has 0 bridgehead atoms. The molecule has 0 aliphatic carbocycles. The van der Waals surface area contributed by atoms with Gasteiger partial charge in [-0.05, 0) is 19.1 Å². The zero-order valence-corrected chi connectivity index (χ0v) is 15.3. The first-order valence-corrected chi connectivity index (χ1v) is 8.86. The number of hydrogen-bond acceptors (Lipinski definition) is 5. The number of aromatic nitrogens is 2. The summed E-state index contributed by atoms with van der Waals surface area (Å²) >= 11 is 1.43. The SMILES string of the molecule is COc1ccccc1Cn1c(-c2csc(CC#N)n2)cc(C(N)=O)c1C. The van der Waals surface area contributed by atoms with Crippen LogP contribution in [0.2, 0.25) is 0 Å². The van der Waals surface area contributed by atoms with E-state index < -0.39 is 5.91 Å². The molecule has 6 nitrogen and oxygen atoms in total. The van der Waals surface area contributed by atoms with E-state index in [9.17, 15) is 4.79 Å². The van der Waals surface area contributed by atoms with Crippen LogP contribution >= 0.6 is 11.3 Å². The Bertz CT molecular complexity index is 997. The number of benzene rings is 1. The Balaban J connectivity index is 2.10. The molecule has 1 aromatic carbocycles. The van der Waals surface area contributed by atoms with Gasteiger partial charge in [0.15, 0.2) is 0 Å². The van der Waals surface area contributed by atoms with Crippen LogP contribution in [0.1, 0.15) is 26.6 Å².